The zero-order valence-electron chi connectivity index (χ0n) is 5.10. The Kier molecular flexibility index (Phi) is 1.40. The molecule has 0 atom stereocenters. The maximum Gasteiger partial charge on any atom is 0.0493 e. The summed E-state index contributed by atoms with van der Waals surface area (Å²) in [6.45, 7) is 0. The lowest BCUT2D eigenvalue weighted by atomic mass is 10.3. The Morgan fingerprint density at radius 1 is 1.40 bits per heavy atom. The first-order chi connectivity index (χ1) is 4.88. The van der Waals surface area contributed by atoms with Crippen LogP contribution < -0.4 is 0 Å². The number of thiophene rings is 1. The van der Waals surface area contributed by atoms with E-state index in [4.69, 9.17) is 11.6 Å². The number of rotatable bonds is 0. The first kappa shape index (κ1) is 6.20. The Morgan fingerprint density at radius 3 is 3.10 bits per heavy atom. The Labute approximate surface area is 68.1 Å². The van der Waals surface area contributed by atoms with Crippen molar-refractivity contribution in [2.24, 2.45) is 0 Å². The molecular formula is C8H4ClS. The Hall–Kier alpha value is -0.530. The maximum atomic E-state index is 5.89. The summed E-state index contributed by atoms with van der Waals surface area (Å²) >= 11 is 7.48. The standard InChI is InChI=1S/C8H4ClS/c9-7-2-1-3-8-6(7)4-5-10-8/h1-4H. The second-order valence-corrected chi connectivity index (χ2v) is 3.30. The van der Waals surface area contributed by atoms with Crippen LogP contribution >= 0.6 is 22.9 Å². The average Bonchev–Trinajstić information content (AvgIpc) is 2.36. The van der Waals surface area contributed by atoms with Gasteiger partial charge >= 0.3 is 0 Å². The van der Waals surface area contributed by atoms with Gasteiger partial charge in [-0.25, -0.2) is 0 Å². The van der Waals surface area contributed by atoms with Crippen molar-refractivity contribution in [3.8, 4) is 0 Å². The zero-order valence-corrected chi connectivity index (χ0v) is 6.67. The molecule has 0 saturated heterocycles. The Morgan fingerprint density at radius 2 is 2.30 bits per heavy atom. The normalized spacial score (nSPS) is 10.5. The summed E-state index contributed by atoms with van der Waals surface area (Å²) < 4.78 is 1.20. The van der Waals surface area contributed by atoms with Crippen molar-refractivity contribution in [1.29, 1.82) is 0 Å². The van der Waals surface area contributed by atoms with Gasteiger partial charge in [0, 0.05) is 20.5 Å². The summed E-state index contributed by atoms with van der Waals surface area (Å²) in [4.78, 5) is 0. The monoisotopic (exact) mass is 167 g/mol. The number of halogens is 1. The lowest BCUT2D eigenvalue weighted by molar-refractivity contribution is 1.85. The predicted molar refractivity (Wildman–Crippen MR) is 45.7 cm³/mol. The van der Waals surface area contributed by atoms with Crippen molar-refractivity contribution >= 4 is 33.0 Å². The Balaban J connectivity index is 2.95. The highest BCUT2D eigenvalue weighted by Crippen LogP contribution is 2.26. The van der Waals surface area contributed by atoms with E-state index >= 15 is 0 Å². The lowest BCUT2D eigenvalue weighted by Gasteiger charge is -1.89. The number of hydrogen-bond acceptors (Lipinski definition) is 1. The van der Waals surface area contributed by atoms with Gasteiger partial charge in [0.15, 0.2) is 0 Å². The van der Waals surface area contributed by atoms with Gasteiger partial charge in [-0.05, 0) is 18.2 Å². The van der Waals surface area contributed by atoms with Gasteiger partial charge in [-0.2, -0.15) is 0 Å². The number of benzene rings is 1. The number of fused-ring (bicyclic) bond motifs is 1. The summed E-state index contributed by atoms with van der Waals surface area (Å²) in [5.41, 5.74) is 0. The summed E-state index contributed by atoms with van der Waals surface area (Å²) in [5, 5.41) is 4.96. The highest BCUT2D eigenvalue weighted by atomic mass is 35.5. The molecule has 0 aliphatic carbocycles. The van der Waals surface area contributed by atoms with Crippen molar-refractivity contribution in [3.63, 3.8) is 0 Å². The fourth-order valence-corrected chi connectivity index (χ4v) is 1.91. The van der Waals surface area contributed by atoms with Crippen LogP contribution in [0.1, 0.15) is 0 Å². The molecule has 49 valence electrons. The molecule has 0 unspecified atom stereocenters. The first-order valence-electron chi connectivity index (χ1n) is 2.92. The third-order valence-electron chi connectivity index (χ3n) is 1.39. The van der Waals surface area contributed by atoms with Crippen molar-refractivity contribution in [3.05, 3.63) is 34.7 Å². The molecule has 0 N–H and O–H groups in total. The van der Waals surface area contributed by atoms with E-state index in [1.165, 1.54) is 4.70 Å². The van der Waals surface area contributed by atoms with Crippen LogP contribution in [0.25, 0.3) is 10.1 Å². The van der Waals surface area contributed by atoms with Crippen LogP contribution in [-0.4, -0.2) is 0 Å². The minimum absolute atomic E-state index is 0.815. The van der Waals surface area contributed by atoms with Crippen LogP contribution in [0.15, 0.2) is 24.3 Å². The van der Waals surface area contributed by atoms with Gasteiger partial charge in [0.2, 0.25) is 0 Å². The van der Waals surface area contributed by atoms with E-state index in [0.29, 0.717) is 0 Å². The van der Waals surface area contributed by atoms with Crippen molar-refractivity contribution in [2.45, 2.75) is 0 Å². The molecule has 2 rings (SSSR count). The van der Waals surface area contributed by atoms with Gasteiger partial charge in [-0.1, -0.05) is 17.7 Å². The molecule has 0 aliphatic heterocycles. The van der Waals surface area contributed by atoms with E-state index < -0.39 is 0 Å². The maximum absolute atomic E-state index is 5.89. The quantitative estimate of drug-likeness (QED) is 0.565. The second kappa shape index (κ2) is 2.26. The highest BCUT2D eigenvalue weighted by Gasteiger charge is 1.96. The van der Waals surface area contributed by atoms with E-state index in [-0.39, 0.29) is 0 Å². The largest absolute Gasteiger partial charge is 0.134 e. The highest BCUT2D eigenvalue weighted by molar-refractivity contribution is 7.16. The molecule has 1 heterocycles. The predicted octanol–water partition coefficient (Wildman–Crippen LogP) is 3.35. The van der Waals surface area contributed by atoms with Crippen LogP contribution in [0.5, 0.6) is 0 Å². The third-order valence-corrected chi connectivity index (χ3v) is 2.53. The minimum Gasteiger partial charge on any atom is -0.134 e. The average molecular weight is 168 g/mol. The third kappa shape index (κ3) is 0.825. The molecule has 0 aliphatic rings. The summed E-state index contributed by atoms with van der Waals surface area (Å²) in [5.74, 6) is 0. The van der Waals surface area contributed by atoms with E-state index in [2.05, 4.69) is 5.38 Å². The van der Waals surface area contributed by atoms with Crippen molar-refractivity contribution in [1.82, 2.24) is 0 Å². The molecule has 2 aromatic rings. The number of hydrogen-bond donors (Lipinski definition) is 0. The van der Waals surface area contributed by atoms with Crippen LogP contribution in [-0.2, 0) is 0 Å². The van der Waals surface area contributed by atoms with Gasteiger partial charge < -0.3 is 0 Å². The van der Waals surface area contributed by atoms with E-state index in [9.17, 15) is 0 Å². The van der Waals surface area contributed by atoms with Crippen molar-refractivity contribution < 1.29 is 0 Å². The molecule has 0 bridgehead atoms. The molecule has 0 fully saturated rings. The zero-order chi connectivity index (χ0) is 6.97. The van der Waals surface area contributed by atoms with Crippen molar-refractivity contribution in [2.75, 3.05) is 0 Å². The second-order valence-electron chi connectivity index (χ2n) is 2.02. The van der Waals surface area contributed by atoms with E-state index in [1.54, 1.807) is 11.3 Å². The topological polar surface area (TPSA) is 0 Å². The molecule has 0 saturated carbocycles. The summed E-state index contributed by atoms with van der Waals surface area (Å²) in [7, 11) is 0. The van der Waals surface area contributed by atoms with Gasteiger partial charge in [-0.3, -0.25) is 0 Å². The van der Waals surface area contributed by atoms with Crippen LogP contribution in [0.2, 0.25) is 5.02 Å². The van der Waals surface area contributed by atoms with Crippen LogP contribution in [0.4, 0.5) is 0 Å². The van der Waals surface area contributed by atoms with Gasteiger partial charge in [0.05, 0.1) is 0 Å². The SMILES string of the molecule is Clc1cccc2s[c]cc12. The first-order valence-corrected chi connectivity index (χ1v) is 4.11. The molecule has 1 aromatic carbocycles. The molecule has 1 radical (unpaired) electrons. The molecule has 10 heavy (non-hydrogen) atoms. The minimum atomic E-state index is 0.815. The molecule has 0 spiro atoms. The molecular weight excluding hydrogens is 164 g/mol. The van der Waals surface area contributed by atoms with Gasteiger partial charge in [0.25, 0.3) is 0 Å². The van der Waals surface area contributed by atoms with Crippen LogP contribution in [0, 0.1) is 5.38 Å². The van der Waals surface area contributed by atoms with Gasteiger partial charge in [-0.15, -0.1) is 11.3 Å². The molecule has 0 amide bonds. The molecule has 2 heteroatoms. The summed E-state index contributed by atoms with van der Waals surface area (Å²) in [6, 6.07) is 7.81. The lowest BCUT2D eigenvalue weighted by Crippen LogP contribution is -1.62. The van der Waals surface area contributed by atoms with Gasteiger partial charge in [0.1, 0.15) is 0 Å². The van der Waals surface area contributed by atoms with E-state index in [1.807, 2.05) is 24.3 Å². The van der Waals surface area contributed by atoms with Crippen LogP contribution in [0.3, 0.4) is 0 Å². The summed E-state index contributed by atoms with van der Waals surface area (Å²) in [6.07, 6.45) is 0. The molecule has 1 aromatic heterocycles. The smallest absolute Gasteiger partial charge is 0.0493 e. The Bertz CT molecular complexity index is 351. The molecule has 0 nitrogen and oxygen atoms in total. The fourth-order valence-electron chi connectivity index (χ4n) is 0.898. The fraction of sp³-hybridized carbons (Fsp3) is 0. The van der Waals surface area contributed by atoms with E-state index in [0.717, 1.165) is 10.4 Å².